The van der Waals surface area contributed by atoms with E-state index in [1.165, 1.54) is 11.6 Å². The molecular formula is C26H34N2O4S. The molecule has 0 bridgehead atoms. The number of rotatable bonds is 8. The fourth-order valence-corrected chi connectivity index (χ4v) is 5.15. The second-order valence-electron chi connectivity index (χ2n) is 9.28. The number of ether oxygens (including phenoxy) is 1. The zero-order chi connectivity index (χ0) is 23.9. The Kier molecular flexibility index (Phi) is 8.32. The molecule has 2 aromatic carbocycles. The Morgan fingerprint density at radius 1 is 1.00 bits per heavy atom. The van der Waals surface area contributed by atoms with Crippen LogP contribution in [0.15, 0.2) is 59.5 Å². The number of nitrogens with one attached hydrogen (secondary N) is 1. The summed E-state index contributed by atoms with van der Waals surface area (Å²) >= 11 is 0. The molecule has 3 rings (SSSR count). The molecular weight excluding hydrogens is 436 g/mol. The van der Waals surface area contributed by atoms with Crippen LogP contribution in [0.5, 0.6) is 5.75 Å². The van der Waals surface area contributed by atoms with Crippen LogP contribution in [0.3, 0.4) is 0 Å². The maximum absolute atomic E-state index is 12.7. The van der Waals surface area contributed by atoms with Crippen LogP contribution in [0.1, 0.15) is 51.2 Å². The monoisotopic (exact) mass is 470 g/mol. The number of benzene rings is 2. The highest BCUT2D eigenvalue weighted by atomic mass is 32.2. The molecule has 0 aliphatic carbocycles. The summed E-state index contributed by atoms with van der Waals surface area (Å²) in [6.07, 6.45) is 6.18. The molecule has 2 aromatic rings. The molecule has 1 fully saturated rings. The number of sulfonamides is 1. The van der Waals surface area contributed by atoms with Gasteiger partial charge in [-0.2, -0.15) is 4.31 Å². The highest BCUT2D eigenvalue weighted by molar-refractivity contribution is 7.89. The molecule has 0 aromatic heterocycles. The van der Waals surface area contributed by atoms with E-state index in [4.69, 9.17) is 4.74 Å². The van der Waals surface area contributed by atoms with E-state index in [1.807, 2.05) is 12.1 Å². The van der Waals surface area contributed by atoms with Crippen LogP contribution in [0.2, 0.25) is 0 Å². The first-order chi connectivity index (χ1) is 15.7. The van der Waals surface area contributed by atoms with Gasteiger partial charge >= 0.3 is 0 Å². The Labute approximate surface area is 197 Å². The molecule has 1 aliphatic rings. The van der Waals surface area contributed by atoms with Crippen molar-refractivity contribution in [2.75, 3.05) is 26.2 Å². The van der Waals surface area contributed by atoms with Crippen molar-refractivity contribution < 1.29 is 17.9 Å². The lowest BCUT2D eigenvalue weighted by atomic mass is 9.87. The Hall–Kier alpha value is -2.64. The fraction of sp³-hybridized carbons (Fsp3) is 0.423. The molecule has 6 nitrogen and oxygen atoms in total. The molecule has 7 heteroatoms. The van der Waals surface area contributed by atoms with Crippen LogP contribution >= 0.6 is 0 Å². The van der Waals surface area contributed by atoms with Gasteiger partial charge in [-0.15, -0.1) is 0 Å². The molecule has 1 N–H and O–H groups in total. The zero-order valence-corrected chi connectivity index (χ0v) is 20.5. The third kappa shape index (κ3) is 7.17. The number of nitrogens with zero attached hydrogens (tertiary/aromatic N) is 1. The highest BCUT2D eigenvalue weighted by Gasteiger charge is 2.25. The number of hydrogen-bond acceptors (Lipinski definition) is 4. The average Bonchev–Trinajstić information content (AvgIpc) is 2.81. The molecule has 33 heavy (non-hydrogen) atoms. The highest BCUT2D eigenvalue weighted by Crippen LogP contribution is 2.23. The molecule has 1 aliphatic heterocycles. The first kappa shape index (κ1) is 25.0. The number of carbonyl (C=O) groups is 1. The van der Waals surface area contributed by atoms with Gasteiger partial charge in [-0.3, -0.25) is 4.79 Å². The number of hydrogen-bond donors (Lipinski definition) is 1. The van der Waals surface area contributed by atoms with E-state index in [9.17, 15) is 13.2 Å². The van der Waals surface area contributed by atoms with Gasteiger partial charge < -0.3 is 10.1 Å². The minimum Gasteiger partial charge on any atom is -0.492 e. The van der Waals surface area contributed by atoms with Crippen LogP contribution < -0.4 is 10.1 Å². The van der Waals surface area contributed by atoms with Crippen LogP contribution in [0, 0.1) is 0 Å². The van der Waals surface area contributed by atoms with Crippen molar-refractivity contribution in [3.63, 3.8) is 0 Å². The van der Waals surface area contributed by atoms with Crippen molar-refractivity contribution in [1.29, 1.82) is 0 Å². The van der Waals surface area contributed by atoms with E-state index < -0.39 is 10.0 Å². The van der Waals surface area contributed by atoms with Gasteiger partial charge in [0.2, 0.25) is 15.9 Å². The van der Waals surface area contributed by atoms with Crippen molar-refractivity contribution in [3.05, 3.63) is 65.7 Å². The van der Waals surface area contributed by atoms with Gasteiger partial charge in [-0.1, -0.05) is 51.5 Å². The van der Waals surface area contributed by atoms with Crippen molar-refractivity contribution in [2.45, 2.75) is 50.3 Å². The molecule has 0 saturated carbocycles. The summed E-state index contributed by atoms with van der Waals surface area (Å²) in [5.74, 6) is 0.373. The smallest absolute Gasteiger partial charge is 0.244 e. The number of piperidine rings is 1. The average molecular weight is 471 g/mol. The van der Waals surface area contributed by atoms with Gasteiger partial charge in [0.15, 0.2) is 0 Å². The Balaban J connectivity index is 1.42. The van der Waals surface area contributed by atoms with Crippen molar-refractivity contribution in [3.8, 4) is 5.75 Å². The molecule has 178 valence electrons. The van der Waals surface area contributed by atoms with Crippen molar-refractivity contribution in [2.24, 2.45) is 0 Å². The first-order valence-corrected chi connectivity index (χ1v) is 12.9. The van der Waals surface area contributed by atoms with Crippen LogP contribution in [-0.4, -0.2) is 44.9 Å². The van der Waals surface area contributed by atoms with Gasteiger partial charge in [0, 0.05) is 19.2 Å². The molecule has 0 atom stereocenters. The Morgan fingerprint density at radius 3 is 2.24 bits per heavy atom. The molecule has 1 saturated heterocycles. The number of carbonyl (C=O) groups excluding carboxylic acids is 1. The maximum atomic E-state index is 12.7. The third-order valence-corrected chi connectivity index (χ3v) is 7.56. The standard InChI is InChI=1S/C26H34N2O4S/c1-26(2,3)22-10-7-21(8-11-22)9-16-25(29)27-17-20-32-23-12-14-24(15-13-23)33(30,31)28-18-5-4-6-19-28/h7-16H,4-6,17-20H2,1-3H3,(H,27,29)/b16-9+. The SMILES string of the molecule is CC(C)(C)c1ccc(/C=C/C(=O)NCCOc2ccc(S(=O)(=O)N3CCCCC3)cc2)cc1. The van der Waals surface area contributed by atoms with Gasteiger partial charge in [0.25, 0.3) is 0 Å². The topological polar surface area (TPSA) is 75.7 Å². The lowest BCUT2D eigenvalue weighted by Crippen LogP contribution is -2.35. The minimum absolute atomic E-state index is 0.0987. The van der Waals surface area contributed by atoms with E-state index >= 15 is 0 Å². The van der Waals surface area contributed by atoms with Crippen LogP contribution in [0.4, 0.5) is 0 Å². The molecule has 1 heterocycles. The lowest BCUT2D eigenvalue weighted by Gasteiger charge is -2.25. The van der Waals surface area contributed by atoms with E-state index in [0.717, 1.165) is 24.8 Å². The molecule has 1 amide bonds. The van der Waals surface area contributed by atoms with E-state index in [1.54, 1.807) is 34.6 Å². The maximum Gasteiger partial charge on any atom is 0.244 e. The Bertz CT molecular complexity index is 1050. The summed E-state index contributed by atoms with van der Waals surface area (Å²) in [5.41, 5.74) is 2.31. The van der Waals surface area contributed by atoms with E-state index in [0.29, 0.717) is 25.4 Å². The Morgan fingerprint density at radius 2 is 1.64 bits per heavy atom. The van der Waals surface area contributed by atoms with E-state index in [2.05, 4.69) is 38.2 Å². The van der Waals surface area contributed by atoms with Gasteiger partial charge in [-0.25, -0.2) is 8.42 Å². The quantitative estimate of drug-likeness (QED) is 0.459. The van der Waals surface area contributed by atoms with Crippen LogP contribution in [0.25, 0.3) is 6.08 Å². The minimum atomic E-state index is -3.44. The summed E-state index contributed by atoms with van der Waals surface area (Å²) in [6, 6.07) is 14.6. The van der Waals surface area contributed by atoms with Gasteiger partial charge in [0.1, 0.15) is 12.4 Å². The first-order valence-electron chi connectivity index (χ1n) is 11.5. The zero-order valence-electron chi connectivity index (χ0n) is 19.7. The summed E-state index contributed by atoms with van der Waals surface area (Å²) in [7, 11) is -3.44. The van der Waals surface area contributed by atoms with Crippen molar-refractivity contribution >= 4 is 22.0 Å². The van der Waals surface area contributed by atoms with E-state index in [-0.39, 0.29) is 22.8 Å². The fourth-order valence-electron chi connectivity index (χ4n) is 3.63. The largest absolute Gasteiger partial charge is 0.492 e. The summed E-state index contributed by atoms with van der Waals surface area (Å²) in [4.78, 5) is 12.3. The summed E-state index contributed by atoms with van der Waals surface area (Å²) in [6.45, 7) is 8.30. The molecule has 0 unspecified atom stereocenters. The lowest BCUT2D eigenvalue weighted by molar-refractivity contribution is -0.116. The number of amides is 1. The van der Waals surface area contributed by atoms with Crippen molar-refractivity contribution in [1.82, 2.24) is 9.62 Å². The summed E-state index contributed by atoms with van der Waals surface area (Å²) < 4.78 is 32.6. The third-order valence-electron chi connectivity index (χ3n) is 5.65. The second kappa shape index (κ2) is 11.0. The second-order valence-corrected chi connectivity index (χ2v) is 11.2. The normalized spacial score (nSPS) is 15.5. The van der Waals surface area contributed by atoms with Gasteiger partial charge in [0.05, 0.1) is 11.4 Å². The molecule has 0 radical (unpaired) electrons. The summed E-state index contributed by atoms with van der Waals surface area (Å²) in [5, 5.41) is 2.78. The van der Waals surface area contributed by atoms with Gasteiger partial charge in [-0.05, 0) is 59.7 Å². The predicted molar refractivity (Wildman–Crippen MR) is 132 cm³/mol. The van der Waals surface area contributed by atoms with Crippen LogP contribution in [-0.2, 0) is 20.2 Å². The predicted octanol–water partition coefficient (Wildman–Crippen LogP) is 4.37. The molecule has 0 spiro atoms.